The molecule has 1 aliphatic rings. The standard InChI is InChI=1S/C18H18O2/c1-3-7-15(8-4-1)11-12-17-18(20-17)14-19-13-16-9-5-2-6-10-16/h1-12,17-18H,13-14H2/b12-11-/t17-,18+/m0/s1. The normalized spacial score (nSPS) is 21.2. The average molecular weight is 266 g/mol. The summed E-state index contributed by atoms with van der Waals surface area (Å²) in [7, 11) is 0. The minimum Gasteiger partial charge on any atom is -0.374 e. The van der Waals surface area contributed by atoms with Crippen LogP contribution in [0.5, 0.6) is 0 Å². The second-order valence-electron chi connectivity index (χ2n) is 4.91. The first kappa shape index (κ1) is 13.1. The molecule has 2 aromatic carbocycles. The molecule has 102 valence electrons. The van der Waals surface area contributed by atoms with Gasteiger partial charge in [0, 0.05) is 0 Å². The molecule has 1 aliphatic heterocycles. The predicted octanol–water partition coefficient (Wildman–Crippen LogP) is 3.68. The summed E-state index contributed by atoms with van der Waals surface area (Å²) in [5, 5.41) is 0. The Morgan fingerprint density at radius 3 is 2.40 bits per heavy atom. The SMILES string of the molecule is C(=C/[C@@H]1O[C@@H]1COCc1ccccc1)/c1ccccc1. The van der Waals surface area contributed by atoms with Gasteiger partial charge in [-0.1, -0.05) is 72.8 Å². The molecular formula is C18H18O2. The van der Waals surface area contributed by atoms with Crippen molar-refractivity contribution >= 4 is 6.08 Å². The first-order valence-electron chi connectivity index (χ1n) is 6.92. The van der Waals surface area contributed by atoms with Crippen LogP contribution in [-0.4, -0.2) is 18.8 Å². The molecule has 2 aromatic rings. The zero-order valence-corrected chi connectivity index (χ0v) is 11.3. The first-order chi connectivity index (χ1) is 9.92. The Labute approximate surface area is 119 Å². The Morgan fingerprint density at radius 2 is 1.65 bits per heavy atom. The average Bonchev–Trinajstić information content (AvgIpc) is 3.26. The van der Waals surface area contributed by atoms with Crippen molar-refractivity contribution in [2.24, 2.45) is 0 Å². The monoisotopic (exact) mass is 266 g/mol. The van der Waals surface area contributed by atoms with Gasteiger partial charge in [-0.25, -0.2) is 0 Å². The van der Waals surface area contributed by atoms with E-state index < -0.39 is 0 Å². The van der Waals surface area contributed by atoms with Gasteiger partial charge in [0.1, 0.15) is 12.2 Å². The lowest BCUT2D eigenvalue weighted by molar-refractivity contribution is 0.104. The molecule has 0 amide bonds. The van der Waals surface area contributed by atoms with E-state index in [0.717, 1.165) is 0 Å². The zero-order chi connectivity index (χ0) is 13.6. The van der Waals surface area contributed by atoms with E-state index in [9.17, 15) is 0 Å². The minimum absolute atomic E-state index is 0.200. The van der Waals surface area contributed by atoms with E-state index in [0.29, 0.717) is 13.2 Å². The van der Waals surface area contributed by atoms with Gasteiger partial charge in [-0.05, 0) is 11.1 Å². The van der Waals surface area contributed by atoms with E-state index in [1.807, 2.05) is 36.4 Å². The van der Waals surface area contributed by atoms with Gasteiger partial charge < -0.3 is 9.47 Å². The number of benzene rings is 2. The van der Waals surface area contributed by atoms with Gasteiger partial charge in [0.25, 0.3) is 0 Å². The molecule has 0 saturated carbocycles. The fourth-order valence-corrected chi connectivity index (χ4v) is 2.10. The van der Waals surface area contributed by atoms with Crippen LogP contribution in [0.1, 0.15) is 11.1 Å². The van der Waals surface area contributed by atoms with Gasteiger partial charge in [-0.2, -0.15) is 0 Å². The van der Waals surface area contributed by atoms with Crippen molar-refractivity contribution in [2.45, 2.75) is 18.8 Å². The van der Waals surface area contributed by atoms with Crippen LogP contribution in [0, 0.1) is 0 Å². The quantitative estimate of drug-likeness (QED) is 0.744. The lowest BCUT2D eigenvalue weighted by Gasteiger charge is -2.01. The molecular weight excluding hydrogens is 248 g/mol. The molecule has 0 aliphatic carbocycles. The fourth-order valence-electron chi connectivity index (χ4n) is 2.10. The van der Waals surface area contributed by atoms with Crippen LogP contribution >= 0.6 is 0 Å². The lowest BCUT2D eigenvalue weighted by atomic mass is 10.2. The van der Waals surface area contributed by atoms with Crippen LogP contribution in [0.15, 0.2) is 66.7 Å². The lowest BCUT2D eigenvalue weighted by Crippen LogP contribution is -2.03. The van der Waals surface area contributed by atoms with Crippen LogP contribution in [0.25, 0.3) is 6.08 Å². The Hall–Kier alpha value is -1.90. The highest BCUT2D eigenvalue weighted by Crippen LogP contribution is 2.24. The van der Waals surface area contributed by atoms with Crippen molar-refractivity contribution in [2.75, 3.05) is 6.61 Å². The molecule has 1 fully saturated rings. The number of hydrogen-bond acceptors (Lipinski definition) is 2. The maximum atomic E-state index is 5.67. The zero-order valence-electron chi connectivity index (χ0n) is 11.3. The minimum atomic E-state index is 0.200. The van der Waals surface area contributed by atoms with Crippen molar-refractivity contribution in [3.8, 4) is 0 Å². The second-order valence-corrected chi connectivity index (χ2v) is 4.91. The largest absolute Gasteiger partial charge is 0.374 e. The van der Waals surface area contributed by atoms with E-state index in [2.05, 4.69) is 36.4 Å². The summed E-state index contributed by atoms with van der Waals surface area (Å²) in [5.41, 5.74) is 2.40. The molecule has 0 radical (unpaired) electrons. The number of ether oxygens (including phenoxy) is 2. The van der Waals surface area contributed by atoms with Crippen LogP contribution < -0.4 is 0 Å². The van der Waals surface area contributed by atoms with E-state index in [4.69, 9.17) is 9.47 Å². The third-order valence-corrected chi connectivity index (χ3v) is 3.29. The van der Waals surface area contributed by atoms with Gasteiger partial charge in [0.15, 0.2) is 0 Å². The molecule has 2 nitrogen and oxygen atoms in total. The topological polar surface area (TPSA) is 21.8 Å². The molecule has 2 atom stereocenters. The van der Waals surface area contributed by atoms with Crippen molar-refractivity contribution < 1.29 is 9.47 Å². The summed E-state index contributed by atoms with van der Waals surface area (Å²) in [6.07, 6.45) is 4.61. The summed E-state index contributed by atoms with van der Waals surface area (Å²) in [5.74, 6) is 0. The van der Waals surface area contributed by atoms with Crippen LogP contribution in [0.3, 0.4) is 0 Å². The van der Waals surface area contributed by atoms with Gasteiger partial charge in [-0.15, -0.1) is 0 Å². The molecule has 1 saturated heterocycles. The smallest absolute Gasteiger partial charge is 0.111 e. The highest BCUT2D eigenvalue weighted by Gasteiger charge is 2.36. The third-order valence-electron chi connectivity index (χ3n) is 3.29. The Kier molecular flexibility index (Phi) is 4.26. The maximum Gasteiger partial charge on any atom is 0.111 e. The van der Waals surface area contributed by atoms with Crippen LogP contribution in [0.2, 0.25) is 0 Å². The first-order valence-corrected chi connectivity index (χ1v) is 6.92. The molecule has 20 heavy (non-hydrogen) atoms. The second kappa shape index (κ2) is 6.51. The van der Waals surface area contributed by atoms with E-state index >= 15 is 0 Å². The number of rotatable bonds is 6. The number of hydrogen-bond donors (Lipinski definition) is 0. The molecule has 2 heteroatoms. The summed E-state index contributed by atoms with van der Waals surface area (Å²) in [4.78, 5) is 0. The van der Waals surface area contributed by atoms with Crippen molar-refractivity contribution in [1.29, 1.82) is 0 Å². The number of epoxide rings is 1. The highest BCUT2D eigenvalue weighted by atomic mass is 16.6. The van der Waals surface area contributed by atoms with Crippen molar-refractivity contribution in [3.05, 3.63) is 77.9 Å². The third kappa shape index (κ3) is 3.80. The van der Waals surface area contributed by atoms with E-state index in [-0.39, 0.29) is 12.2 Å². The summed E-state index contributed by atoms with van der Waals surface area (Å²) in [6.45, 7) is 1.30. The summed E-state index contributed by atoms with van der Waals surface area (Å²) in [6, 6.07) is 20.5. The van der Waals surface area contributed by atoms with Crippen molar-refractivity contribution in [3.63, 3.8) is 0 Å². The molecule has 0 N–H and O–H groups in total. The highest BCUT2D eigenvalue weighted by molar-refractivity contribution is 5.49. The van der Waals surface area contributed by atoms with Crippen LogP contribution in [0.4, 0.5) is 0 Å². The molecule has 0 spiro atoms. The molecule has 3 rings (SSSR count). The Bertz CT molecular complexity index is 548. The summed E-state index contributed by atoms with van der Waals surface area (Å²) >= 11 is 0. The van der Waals surface area contributed by atoms with Gasteiger partial charge in [0.2, 0.25) is 0 Å². The van der Waals surface area contributed by atoms with Gasteiger partial charge in [0.05, 0.1) is 13.2 Å². The summed E-state index contributed by atoms with van der Waals surface area (Å²) < 4.78 is 11.2. The van der Waals surface area contributed by atoms with Crippen molar-refractivity contribution in [1.82, 2.24) is 0 Å². The predicted molar refractivity (Wildman–Crippen MR) is 80.2 cm³/mol. The molecule has 0 aromatic heterocycles. The molecule has 0 bridgehead atoms. The Balaban J connectivity index is 1.39. The molecule has 0 unspecified atom stereocenters. The van der Waals surface area contributed by atoms with Gasteiger partial charge >= 0.3 is 0 Å². The molecule has 1 heterocycles. The fraction of sp³-hybridized carbons (Fsp3) is 0.222. The van der Waals surface area contributed by atoms with E-state index in [1.54, 1.807) is 0 Å². The van der Waals surface area contributed by atoms with Gasteiger partial charge in [-0.3, -0.25) is 0 Å². The maximum absolute atomic E-state index is 5.67. The van der Waals surface area contributed by atoms with E-state index in [1.165, 1.54) is 11.1 Å². The Morgan fingerprint density at radius 1 is 0.950 bits per heavy atom. The van der Waals surface area contributed by atoms with Crippen LogP contribution in [-0.2, 0) is 16.1 Å².